The van der Waals surface area contributed by atoms with Crippen molar-refractivity contribution in [3.05, 3.63) is 23.8 Å². The van der Waals surface area contributed by atoms with Crippen LogP contribution in [0.2, 0.25) is 0 Å². The first-order valence-electron chi connectivity index (χ1n) is 7.81. The van der Waals surface area contributed by atoms with Crippen molar-refractivity contribution in [2.24, 2.45) is 11.8 Å². The predicted molar refractivity (Wildman–Crippen MR) is 88.5 cm³/mol. The second-order valence-electron chi connectivity index (χ2n) is 6.36. The Kier molecular flexibility index (Phi) is 4.76. The highest BCUT2D eigenvalue weighted by atomic mass is 16.2. The van der Waals surface area contributed by atoms with Crippen molar-refractivity contribution < 1.29 is 4.79 Å². The summed E-state index contributed by atoms with van der Waals surface area (Å²) in [6.45, 7) is 4.57. The molecular weight excluding hydrogens is 262 g/mol. The van der Waals surface area contributed by atoms with Crippen molar-refractivity contribution in [3.63, 3.8) is 0 Å². The Morgan fingerprint density at radius 3 is 2.67 bits per heavy atom. The number of hydrogen-bond acceptors (Lipinski definition) is 3. The zero-order valence-corrected chi connectivity index (χ0v) is 13.5. The van der Waals surface area contributed by atoms with Crippen LogP contribution in [0.4, 0.5) is 11.4 Å². The number of nitrogens with two attached hydrogens (primary N) is 1. The zero-order valence-electron chi connectivity index (χ0n) is 13.5. The van der Waals surface area contributed by atoms with Gasteiger partial charge in [-0.05, 0) is 42.9 Å². The van der Waals surface area contributed by atoms with Crippen molar-refractivity contribution in [3.8, 4) is 0 Å². The molecule has 0 aliphatic heterocycles. The maximum atomic E-state index is 12.1. The molecule has 4 nitrogen and oxygen atoms in total. The minimum absolute atomic E-state index is 0.00366. The van der Waals surface area contributed by atoms with Crippen molar-refractivity contribution in [1.82, 2.24) is 4.90 Å². The van der Waals surface area contributed by atoms with Crippen LogP contribution in [0.25, 0.3) is 0 Å². The molecule has 0 heterocycles. The number of anilines is 2. The molecule has 2 rings (SSSR count). The van der Waals surface area contributed by atoms with Crippen LogP contribution in [0.3, 0.4) is 0 Å². The van der Waals surface area contributed by atoms with E-state index in [1.54, 1.807) is 25.1 Å². The third-order valence-corrected chi connectivity index (χ3v) is 4.80. The van der Waals surface area contributed by atoms with Crippen LogP contribution in [-0.2, 0) is 0 Å². The quantitative estimate of drug-likeness (QED) is 0.837. The number of nitrogens with one attached hydrogen (secondary N) is 1. The fourth-order valence-corrected chi connectivity index (χ4v) is 3.30. The Morgan fingerprint density at radius 2 is 2.10 bits per heavy atom. The van der Waals surface area contributed by atoms with Gasteiger partial charge in [-0.2, -0.15) is 0 Å². The standard InChI is InChI=1S/C17H27N3O/c1-5-12-7-9-15(11(12)2)19-16-10-13(6-8-14(16)18)17(21)20(3)4/h6,8,10-12,15,19H,5,7,9,18H2,1-4H3. The zero-order chi connectivity index (χ0) is 15.6. The van der Waals surface area contributed by atoms with Gasteiger partial charge in [0.2, 0.25) is 0 Å². The lowest BCUT2D eigenvalue weighted by Crippen LogP contribution is -2.26. The van der Waals surface area contributed by atoms with Gasteiger partial charge in [-0.1, -0.05) is 20.3 Å². The Labute approximate surface area is 127 Å². The summed E-state index contributed by atoms with van der Waals surface area (Å²) in [6, 6.07) is 5.93. The molecule has 1 aromatic carbocycles. The number of hydrogen-bond donors (Lipinski definition) is 2. The maximum Gasteiger partial charge on any atom is 0.253 e. The average Bonchev–Trinajstić information content (AvgIpc) is 2.81. The number of rotatable bonds is 4. The van der Waals surface area contributed by atoms with Gasteiger partial charge in [-0.3, -0.25) is 4.79 Å². The van der Waals surface area contributed by atoms with Crippen LogP contribution in [0.5, 0.6) is 0 Å². The molecule has 3 N–H and O–H groups in total. The number of nitrogen functional groups attached to an aromatic ring is 1. The van der Waals surface area contributed by atoms with Gasteiger partial charge in [-0.25, -0.2) is 0 Å². The number of benzene rings is 1. The molecule has 0 aromatic heterocycles. The third kappa shape index (κ3) is 3.31. The molecule has 1 amide bonds. The average molecular weight is 289 g/mol. The number of carbonyl (C=O) groups excluding carboxylic acids is 1. The van der Waals surface area contributed by atoms with Gasteiger partial charge in [0.05, 0.1) is 11.4 Å². The van der Waals surface area contributed by atoms with Crippen LogP contribution in [-0.4, -0.2) is 30.9 Å². The van der Waals surface area contributed by atoms with Crippen molar-refractivity contribution >= 4 is 17.3 Å². The molecule has 21 heavy (non-hydrogen) atoms. The first-order chi connectivity index (χ1) is 9.93. The van der Waals surface area contributed by atoms with E-state index in [2.05, 4.69) is 19.2 Å². The van der Waals surface area contributed by atoms with Crippen LogP contribution in [0.1, 0.15) is 43.5 Å². The van der Waals surface area contributed by atoms with Crippen LogP contribution in [0, 0.1) is 11.8 Å². The van der Waals surface area contributed by atoms with Crippen molar-refractivity contribution in [2.75, 3.05) is 25.1 Å². The van der Waals surface area contributed by atoms with Crippen LogP contribution in [0.15, 0.2) is 18.2 Å². The summed E-state index contributed by atoms with van der Waals surface area (Å²) in [4.78, 5) is 13.6. The van der Waals surface area contributed by atoms with E-state index in [9.17, 15) is 4.79 Å². The fourth-order valence-electron chi connectivity index (χ4n) is 3.30. The lowest BCUT2D eigenvalue weighted by Gasteiger charge is -2.23. The van der Waals surface area contributed by atoms with Crippen LogP contribution >= 0.6 is 0 Å². The maximum absolute atomic E-state index is 12.1. The van der Waals surface area contributed by atoms with E-state index in [-0.39, 0.29) is 5.91 Å². The minimum atomic E-state index is 0.00366. The van der Waals surface area contributed by atoms with Gasteiger partial charge in [-0.15, -0.1) is 0 Å². The van der Waals surface area contributed by atoms with E-state index in [0.29, 0.717) is 23.2 Å². The van der Waals surface area contributed by atoms with E-state index < -0.39 is 0 Å². The summed E-state index contributed by atoms with van der Waals surface area (Å²) in [5, 5.41) is 3.56. The Morgan fingerprint density at radius 1 is 1.38 bits per heavy atom. The molecule has 4 heteroatoms. The Hall–Kier alpha value is -1.71. The number of carbonyl (C=O) groups is 1. The van der Waals surface area contributed by atoms with E-state index in [1.807, 2.05) is 12.1 Å². The van der Waals surface area contributed by atoms with E-state index in [1.165, 1.54) is 19.3 Å². The molecule has 3 atom stereocenters. The van der Waals surface area contributed by atoms with Gasteiger partial charge in [0.25, 0.3) is 5.91 Å². The summed E-state index contributed by atoms with van der Waals surface area (Å²) in [6.07, 6.45) is 3.67. The molecule has 1 aliphatic rings. The van der Waals surface area contributed by atoms with E-state index in [4.69, 9.17) is 5.73 Å². The summed E-state index contributed by atoms with van der Waals surface area (Å²) in [5.74, 6) is 1.43. The fraction of sp³-hybridized carbons (Fsp3) is 0.588. The molecule has 0 saturated heterocycles. The normalized spacial score (nSPS) is 24.9. The second kappa shape index (κ2) is 6.37. The smallest absolute Gasteiger partial charge is 0.253 e. The van der Waals surface area contributed by atoms with E-state index >= 15 is 0 Å². The van der Waals surface area contributed by atoms with Crippen LogP contribution < -0.4 is 11.1 Å². The van der Waals surface area contributed by atoms with E-state index in [0.717, 1.165) is 11.6 Å². The molecule has 1 fully saturated rings. The number of amides is 1. The third-order valence-electron chi connectivity index (χ3n) is 4.80. The monoisotopic (exact) mass is 289 g/mol. The molecule has 116 valence electrons. The molecule has 3 unspecified atom stereocenters. The molecule has 0 radical (unpaired) electrons. The van der Waals surface area contributed by atoms with Gasteiger partial charge in [0.1, 0.15) is 0 Å². The van der Waals surface area contributed by atoms with Gasteiger partial charge >= 0.3 is 0 Å². The molecule has 0 bridgehead atoms. The summed E-state index contributed by atoms with van der Waals surface area (Å²) in [5.41, 5.74) is 8.34. The Balaban J connectivity index is 2.16. The summed E-state index contributed by atoms with van der Waals surface area (Å²) < 4.78 is 0. The molecule has 1 saturated carbocycles. The lowest BCUT2D eigenvalue weighted by molar-refractivity contribution is 0.0827. The molecule has 0 spiro atoms. The molecular formula is C17H27N3O. The van der Waals surface area contributed by atoms with Gasteiger partial charge in [0, 0.05) is 25.7 Å². The first-order valence-corrected chi connectivity index (χ1v) is 7.81. The first kappa shape index (κ1) is 15.7. The van der Waals surface area contributed by atoms with Gasteiger partial charge in [0.15, 0.2) is 0 Å². The minimum Gasteiger partial charge on any atom is -0.397 e. The lowest BCUT2D eigenvalue weighted by atomic mass is 9.93. The van der Waals surface area contributed by atoms with Crippen molar-refractivity contribution in [1.29, 1.82) is 0 Å². The summed E-state index contributed by atoms with van der Waals surface area (Å²) >= 11 is 0. The summed E-state index contributed by atoms with van der Waals surface area (Å²) in [7, 11) is 3.52. The molecule has 1 aliphatic carbocycles. The number of nitrogens with zero attached hydrogens (tertiary/aromatic N) is 1. The molecule has 1 aromatic rings. The largest absolute Gasteiger partial charge is 0.397 e. The second-order valence-corrected chi connectivity index (χ2v) is 6.36. The highest BCUT2D eigenvalue weighted by molar-refractivity contribution is 5.95. The van der Waals surface area contributed by atoms with Gasteiger partial charge < -0.3 is 16.0 Å². The highest BCUT2D eigenvalue weighted by Gasteiger charge is 2.31. The Bertz CT molecular complexity index is 513. The predicted octanol–water partition coefficient (Wildman–Crippen LogP) is 3.21. The SMILES string of the molecule is CCC1CCC(Nc2cc(C(=O)N(C)C)ccc2N)C1C. The van der Waals surface area contributed by atoms with Crippen molar-refractivity contribution in [2.45, 2.75) is 39.2 Å². The highest BCUT2D eigenvalue weighted by Crippen LogP contribution is 2.36. The topological polar surface area (TPSA) is 58.4 Å².